The first-order chi connectivity index (χ1) is 23.8. The number of rotatable bonds is 4. The summed E-state index contributed by atoms with van der Waals surface area (Å²) < 4.78 is 0. The number of hydrogen-bond acceptors (Lipinski definition) is 2. The smallest absolute Gasteiger partial charge is 0.507 e. The van der Waals surface area contributed by atoms with Crippen LogP contribution >= 0.6 is 0 Å². The average molecular weight is 735 g/mol. The van der Waals surface area contributed by atoms with Crippen molar-refractivity contribution in [3.8, 4) is 56.0 Å². The molecule has 6 aromatic rings. The second-order valence-electron chi connectivity index (χ2n) is 15.7. The van der Waals surface area contributed by atoms with Gasteiger partial charge in [0.1, 0.15) is 11.5 Å². The molecule has 0 aromatic heterocycles. The summed E-state index contributed by atoms with van der Waals surface area (Å²) in [7, 11) is 0. The molecule has 2 aliphatic carbocycles. The summed E-state index contributed by atoms with van der Waals surface area (Å²) in [6.45, 7) is 17.6. The number of benzene rings is 6. The van der Waals surface area contributed by atoms with Crippen LogP contribution < -0.4 is 0 Å². The van der Waals surface area contributed by atoms with Gasteiger partial charge in [-0.3, -0.25) is 0 Å². The number of phenols is 2. The number of hydrogen-bond donors (Lipinski definition) is 2. The van der Waals surface area contributed by atoms with Gasteiger partial charge in [-0.15, -0.1) is 0 Å². The molecule has 0 fully saturated rings. The van der Waals surface area contributed by atoms with Gasteiger partial charge in [-0.2, -0.15) is 0 Å². The summed E-state index contributed by atoms with van der Waals surface area (Å²) in [5.74, 6) is 1.42. The van der Waals surface area contributed by atoms with Crippen LogP contribution in [0.2, 0.25) is 0 Å². The van der Waals surface area contributed by atoms with E-state index in [4.69, 9.17) is 0 Å². The summed E-state index contributed by atoms with van der Waals surface area (Å²) >= 11 is 0. The standard InChI is InChI=1S/2C24H24O.2CH3.Ti/c2*1-15(2)17-9-7-10-18(23(17)25)16-12-13-20-19-8-5-6-11-21(19)24(3,4)22(20)14-16;;;/h2*5-15,25H,1-4H3;2*1H3;/q;;2*-1;+2. The van der Waals surface area contributed by atoms with E-state index in [0.717, 1.165) is 33.4 Å². The van der Waals surface area contributed by atoms with Crippen molar-refractivity contribution in [2.45, 2.75) is 78.1 Å². The van der Waals surface area contributed by atoms with Crippen molar-refractivity contribution in [1.29, 1.82) is 0 Å². The zero-order valence-electron chi connectivity index (χ0n) is 33.1. The Morgan fingerprint density at radius 3 is 1.08 bits per heavy atom. The maximum atomic E-state index is 10.8. The Morgan fingerprint density at radius 2 is 0.717 bits per heavy atom. The molecule has 0 saturated heterocycles. The molecule has 0 heterocycles. The summed E-state index contributed by atoms with van der Waals surface area (Å²) in [5.41, 5.74) is 16.7. The molecule has 0 saturated carbocycles. The predicted octanol–water partition coefficient (Wildman–Crippen LogP) is 13.9. The number of aromatic hydroxyl groups is 2. The number of para-hydroxylation sites is 2. The molecule has 8 rings (SSSR count). The van der Waals surface area contributed by atoms with Crippen LogP contribution in [0.15, 0.2) is 121 Å². The van der Waals surface area contributed by atoms with Crippen LogP contribution in [0.5, 0.6) is 11.5 Å². The quantitative estimate of drug-likeness (QED) is 0.140. The van der Waals surface area contributed by atoms with Gasteiger partial charge in [0.2, 0.25) is 0 Å². The molecule has 0 unspecified atom stereocenters. The van der Waals surface area contributed by atoms with Gasteiger partial charge in [-0.05, 0) is 90.7 Å². The van der Waals surface area contributed by atoms with Gasteiger partial charge in [0.15, 0.2) is 0 Å². The van der Waals surface area contributed by atoms with E-state index in [1.54, 1.807) is 0 Å². The van der Waals surface area contributed by atoms with E-state index in [0.29, 0.717) is 23.3 Å². The SMILES string of the molecule is CC(C)c1cccc(-c2ccc3c(c2)C(C)(C)c2ccccc2-3)c1O.CC(C)c1cccc(-c2ccc3c(c2)C(C)(C)c2ccccc2-3)c1O.[CH3-].[CH3-].[Ti+2]. The fourth-order valence-corrected chi connectivity index (χ4v) is 8.26. The van der Waals surface area contributed by atoms with E-state index in [1.165, 1.54) is 44.5 Å². The monoisotopic (exact) mass is 734 g/mol. The van der Waals surface area contributed by atoms with E-state index < -0.39 is 0 Å². The number of fused-ring (bicyclic) bond motifs is 6. The van der Waals surface area contributed by atoms with Crippen molar-refractivity contribution in [2.75, 3.05) is 0 Å². The van der Waals surface area contributed by atoms with Crippen molar-refractivity contribution < 1.29 is 31.9 Å². The molecular formula is C50H54O2Ti. The molecular weight excluding hydrogens is 680 g/mol. The molecule has 0 atom stereocenters. The first kappa shape index (κ1) is 41.4. The van der Waals surface area contributed by atoms with E-state index in [9.17, 15) is 10.2 Å². The molecule has 6 aromatic carbocycles. The van der Waals surface area contributed by atoms with E-state index in [1.807, 2.05) is 36.4 Å². The molecule has 2 nitrogen and oxygen atoms in total. The van der Waals surface area contributed by atoms with Gasteiger partial charge < -0.3 is 25.1 Å². The van der Waals surface area contributed by atoms with Crippen LogP contribution in [0.1, 0.15) is 101 Å². The van der Waals surface area contributed by atoms with E-state index in [2.05, 4.69) is 140 Å². The van der Waals surface area contributed by atoms with Crippen LogP contribution in [0.3, 0.4) is 0 Å². The van der Waals surface area contributed by atoms with E-state index >= 15 is 0 Å². The summed E-state index contributed by atoms with van der Waals surface area (Å²) in [6.07, 6.45) is 0. The van der Waals surface area contributed by atoms with Crippen LogP contribution in [0.25, 0.3) is 44.5 Å². The van der Waals surface area contributed by atoms with Crippen molar-refractivity contribution in [3.05, 3.63) is 170 Å². The Kier molecular flexibility index (Phi) is 12.1. The first-order valence-corrected chi connectivity index (χ1v) is 18.0. The molecule has 0 spiro atoms. The second kappa shape index (κ2) is 15.5. The maximum Gasteiger partial charge on any atom is 2.00 e. The summed E-state index contributed by atoms with van der Waals surface area (Å²) in [6, 6.07) is 42.6. The molecule has 3 heteroatoms. The Morgan fingerprint density at radius 1 is 0.396 bits per heavy atom. The summed E-state index contributed by atoms with van der Waals surface area (Å²) in [5, 5.41) is 21.5. The topological polar surface area (TPSA) is 40.5 Å². The predicted molar refractivity (Wildman–Crippen MR) is 223 cm³/mol. The van der Waals surface area contributed by atoms with E-state index in [-0.39, 0.29) is 47.4 Å². The largest absolute Gasteiger partial charge is 2.00 e. The molecule has 53 heavy (non-hydrogen) atoms. The van der Waals surface area contributed by atoms with Gasteiger partial charge in [0.05, 0.1) is 0 Å². The van der Waals surface area contributed by atoms with Gasteiger partial charge >= 0.3 is 21.7 Å². The van der Waals surface area contributed by atoms with Crippen LogP contribution in [0, 0.1) is 14.9 Å². The van der Waals surface area contributed by atoms with Gasteiger partial charge in [0, 0.05) is 22.0 Å². The number of phenolic OH excluding ortho intramolecular Hbond substituents is 2. The van der Waals surface area contributed by atoms with Gasteiger partial charge in [-0.25, -0.2) is 0 Å². The molecule has 2 aliphatic rings. The average Bonchev–Trinajstić information content (AvgIpc) is 3.47. The van der Waals surface area contributed by atoms with Crippen molar-refractivity contribution in [1.82, 2.24) is 0 Å². The minimum atomic E-state index is -0.0206. The Bertz CT molecular complexity index is 2090. The second-order valence-corrected chi connectivity index (χ2v) is 15.7. The van der Waals surface area contributed by atoms with Crippen LogP contribution in [0.4, 0.5) is 0 Å². The van der Waals surface area contributed by atoms with Crippen LogP contribution in [-0.2, 0) is 32.5 Å². The Labute approximate surface area is 333 Å². The molecule has 0 radical (unpaired) electrons. The third-order valence-corrected chi connectivity index (χ3v) is 11.2. The van der Waals surface area contributed by atoms with Crippen molar-refractivity contribution in [3.63, 3.8) is 0 Å². The molecule has 0 aliphatic heterocycles. The van der Waals surface area contributed by atoms with Crippen molar-refractivity contribution in [2.24, 2.45) is 0 Å². The Balaban J connectivity index is 0.000000224. The minimum Gasteiger partial charge on any atom is -0.507 e. The molecule has 270 valence electrons. The molecule has 0 bridgehead atoms. The third kappa shape index (κ3) is 6.93. The zero-order valence-corrected chi connectivity index (χ0v) is 34.7. The third-order valence-electron chi connectivity index (χ3n) is 11.2. The van der Waals surface area contributed by atoms with Gasteiger partial charge in [0.25, 0.3) is 0 Å². The fraction of sp³-hybridized carbons (Fsp3) is 0.240. The van der Waals surface area contributed by atoms with Crippen molar-refractivity contribution >= 4 is 0 Å². The Hall–Kier alpha value is -4.37. The zero-order chi connectivity index (χ0) is 35.5. The van der Waals surface area contributed by atoms with Crippen LogP contribution in [-0.4, -0.2) is 10.2 Å². The molecule has 0 amide bonds. The normalized spacial score (nSPS) is 13.6. The summed E-state index contributed by atoms with van der Waals surface area (Å²) in [4.78, 5) is 0. The van der Waals surface area contributed by atoms with Gasteiger partial charge in [-0.1, -0.05) is 165 Å². The minimum absolute atomic E-state index is 0. The molecule has 2 N–H and O–H groups in total. The maximum absolute atomic E-state index is 10.8. The fourth-order valence-electron chi connectivity index (χ4n) is 8.26. The first-order valence-electron chi connectivity index (χ1n) is 18.0.